The Morgan fingerprint density at radius 3 is 2.94 bits per heavy atom. The van der Waals surface area contributed by atoms with Gasteiger partial charge in [0.25, 0.3) is 0 Å². The summed E-state index contributed by atoms with van der Waals surface area (Å²) in [5.41, 5.74) is 1.14. The Balaban J connectivity index is 2.02. The third kappa shape index (κ3) is 2.93. The predicted octanol–water partition coefficient (Wildman–Crippen LogP) is 3.87. The number of aromatic nitrogens is 2. The van der Waals surface area contributed by atoms with Crippen LogP contribution in [0.3, 0.4) is 0 Å². The van der Waals surface area contributed by atoms with E-state index in [0.29, 0.717) is 6.54 Å². The topological polar surface area (TPSA) is 37.8 Å². The van der Waals surface area contributed by atoms with Crippen LogP contribution in [-0.2, 0) is 6.54 Å². The van der Waals surface area contributed by atoms with Crippen molar-refractivity contribution in [1.29, 1.82) is 0 Å². The fourth-order valence-electron chi connectivity index (χ4n) is 1.20. The van der Waals surface area contributed by atoms with Gasteiger partial charge in [-0.2, -0.15) is 4.37 Å². The Hall–Kier alpha value is -0.650. The molecule has 0 radical (unpaired) electrons. The minimum absolute atomic E-state index is 0.713. The molecular formula is C10H9BrClN3S. The van der Waals surface area contributed by atoms with Crippen molar-refractivity contribution in [1.82, 2.24) is 9.36 Å². The van der Waals surface area contributed by atoms with E-state index < -0.39 is 0 Å². The summed E-state index contributed by atoms with van der Waals surface area (Å²) < 4.78 is 5.00. The second-order valence-corrected chi connectivity index (χ2v) is 5.26. The van der Waals surface area contributed by atoms with Crippen LogP contribution >= 0.6 is 39.1 Å². The number of anilines is 1. The minimum Gasteiger partial charge on any atom is -0.356 e. The van der Waals surface area contributed by atoms with E-state index in [9.17, 15) is 0 Å². The zero-order valence-corrected chi connectivity index (χ0v) is 11.7. The highest BCUT2D eigenvalue weighted by Crippen LogP contribution is 2.23. The van der Waals surface area contributed by atoms with E-state index in [1.165, 1.54) is 11.5 Å². The summed E-state index contributed by atoms with van der Waals surface area (Å²) in [4.78, 5) is 4.22. The molecule has 0 aliphatic carbocycles. The van der Waals surface area contributed by atoms with Crippen LogP contribution in [-0.4, -0.2) is 9.36 Å². The standard InChI is InChI=1S/C10H9BrClN3S/c1-6-14-10(16-15-6)13-5-7-2-3-9(12)8(11)4-7/h2-4H,5H2,1H3,(H,13,14,15). The number of hydrogen-bond donors (Lipinski definition) is 1. The molecule has 0 amide bonds. The molecule has 0 spiro atoms. The summed E-state index contributed by atoms with van der Waals surface area (Å²) in [6.45, 7) is 2.59. The van der Waals surface area contributed by atoms with Gasteiger partial charge in [0.1, 0.15) is 5.82 Å². The SMILES string of the molecule is Cc1nsc(NCc2ccc(Cl)c(Br)c2)n1. The normalized spacial score (nSPS) is 10.4. The first kappa shape index (κ1) is 11.8. The molecule has 3 nitrogen and oxygen atoms in total. The van der Waals surface area contributed by atoms with Crippen molar-refractivity contribution >= 4 is 44.2 Å². The van der Waals surface area contributed by atoms with Gasteiger partial charge in [0.05, 0.1) is 5.02 Å². The number of rotatable bonds is 3. The second-order valence-electron chi connectivity index (χ2n) is 3.25. The summed E-state index contributed by atoms with van der Waals surface area (Å²) in [6.07, 6.45) is 0. The van der Waals surface area contributed by atoms with Crippen LogP contribution in [0.5, 0.6) is 0 Å². The predicted molar refractivity (Wildman–Crippen MR) is 71.1 cm³/mol. The molecule has 1 N–H and O–H groups in total. The lowest BCUT2D eigenvalue weighted by molar-refractivity contribution is 1.10. The number of nitrogens with zero attached hydrogens (tertiary/aromatic N) is 2. The van der Waals surface area contributed by atoms with Crippen LogP contribution in [0.25, 0.3) is 0 Å². The molecule has 0 saturated heterocycles. The van der Waals surface area contributed by atoms with Gasteiger partial charge in [0.2, 0.25) is 5.13 Å². The number of nitrogens with one attached hydrogen (secondary N) is 1. The second kappa shape index (κ2) is 5.12. The van der Waals surface area contributed by atoms with Crippen LogP contribution in [0.4, 0.5) is 5.13 Å². The summed E-state index contributed by atoms with van der Waals surface area (Å²) in [5.74, 6) is 0.796. The molecule has 0 unspecified atom stereocenters. The molecule has 0 atom stereocenters. The molecule has 1 aromatic heterocycles. The lowest BCUT2D eigenvalue weighted by Gasteiger charge is -2.03. The van der Waals surface area contributed by atoms with Gasteiger partial charge in [-0.3, -0.25) is 0 Å². The number of aryl methyl sites for hydroxylation is 1. The molecule has 6 heteroatoms. The number of halogens is 2. The third-order valence-corrected chi connectivity index (χ3v) is 3.93. The summed E-state index contributed by atoms with van der Waals surface area (Å²) in [6, 6.07) is 5.84. The molecule has 2 rings (SSSR count). The molecule has 0 saturated carbocycles. The molecule has 1 aromatic carbocycles. The summed E-state index contributed by atoms with van der Waals surface area (Å²) >= 11 is 10.7. The van der Waals surface area contributed by atoms with Crippen molar-refractivity contribution in [2.45, 2.75) is 13.5 Å². The first-order valence-corrected chi connectivity index (χ1v) is 6.57. The molecule has 0 bridgehead atoms. The highest BCUT2D eigenvalue weighted by atomic mass is 79.9. The van der Waals surface area contributed by atoms with Gasteiger partial charge in [-0.1, -0.05) is 17.7 Å². The van der Waals surface area contributed by atoms with Crippen LogP contribution in [0.15, 0.2) is 22.7 Å². The van der Waals surface area contributed by atoms with Crippen LogP contribution < -0.4 is 5.32 Å². The highest BCUT2D eigenvalue weighted by Gasteiger charge is 2.01. The highest BCUT2D eigenvalue weighted by molar-refractivity contribution is 9.10. The Morgan fingerprint density at radius 2 is 2.31 bits per heavy atom. The molecule has 0 aliphatic heterocycles. The van der Waals surface area contributed by atoms with Crippen molar-refractivity contribution in [3.8, 4) is 0 Å². The van der Waals surface area contributed by atoms with Gasteiger partial charge in [-0.15, -0.1) is 0 Å². The van der Waals surface area contributed by atoms with Gasteiger partial charge in [0.15, 0.2) is 0 Å². The van der Waals surface area contributed by atoms with E-state index in [4.69, 9.17) is 11.6 Å². The maximum atomic E-state index is 5.91. The van der Waals surface area contributed by atoms with Crippen molar-refractivity contribution in [2.24, 2.45) is 0 Å². The molecule has 0 aliphatic rings. The van der Waals surface area contributed by atoms with E-state index in [1.807, 2.05) is 25.1 Å². The van der Waals surface area contributed by atoms with Gasteiger partial charge in [-0.05, 0) is 40.5 Å². The van der Waals surface area contributed by atoms with Crippen LogP contribution in [0.1, 0.15) is 11.4 Å². The molecule has 0 fully saturated rings. The van der Waals surface area contributed by atoms with E-state index in [2.05, 4.69) is 30.6 Å². The molecular weight excluding hydrogens is 310 g/mol. The van der Waals surface area contributed by atoms with Gasteiger partial charge >= 0.3 is 0 Å². The van der Waals surface area contributed by atoms with Gasteiger partial charge in [-0.25, -0.2) is 4.98 Å². The molecule has 1 heterocycles. The fraction of sp³-hybridized carbons (Fsp3) is 0.200. The van der Waals surface area contributed by atoms with Crippen molar-refractivity contribution in [2.75, 3.05) is 5.32 Å². The van der Waals surface area contributed by atoms with E-state index >= 15 is 0 Å². The largest absolute Gasteiger partial charge is 0.356 e. The maximum absolute atomic E-state index is 5.91. The lowest BCUT2D eigenvalue weighted by Crippen LogP contribution is -1.98. The van der Waals surface area contributed by atoms with Gasteiger partial charge < -0.3 is 5.32 Å². The Kier molecular flexibility index (Phi) is 3.78. The molecule has 2 aromatic rings. The van der Waals surface area contributed by atoms with Crippen LogP contribution in [0.2, 0.25) is 5.02 Å². The Morgan fingerprint density at radius 1 is 1.50 bits per heavy atom. The Bertz CT molecular complexity index is 501. The Labute approximate surface area is 111 Å². The van der Waals surface area contributed by atoms with Crippen LogP contribution in [0, 0.1) is 6.92 Å². The molecule has 16 heavy (non-hydrogen) atoms. The van der Waals surface area contributed by atoms with Gasteiger partial charge in [0, 0.05) is 22.5 Å². The molecule has 84 valence electrons. The number of hydrogen-bond acceptors (Lipinski definition) is 4. The number of benzene rings is 1. The van der Waals surface area contributed by atoms with Crippen molar-refractivity contribution < 1.29 is 0 Å². The van der Waals surface area contributed by atoms with Crippen molar-refractivity contribution in [3.05, 3.63) is 39.1 Å². The zero-order chi connectivity index (χ0) is 11.5. The third-order valence-electron chi connectivity index (χ3n) is 1.96. The monoisotopic (exact) mass is 317 g/mol. The first-order chi connectivity index (χ1) is 7.65. The minimum atomic E-state index is 0.713. The summed E-state index contributed by atoms with van der Waals surface area (Å²) in [5, 5.41) is 4.76. The average molecular weight is 319 g/mol. The lowest BCUT2D eigenvalue weighted by atomic mass is 10.2. The quantitative estimate of drug-likeness (QED) is 0.933. The fourth-order valence-corrected chi connectivity index (χ4v) is 2.31. The zero-order valence-electron chi connectivity index (χ0n) is 8.50. The average Bonchev–Trinajstić information content (AvgIpc) is 2.66. The smallest absolute Gasteiger partial charge is 0.202 e. The van der Waals surface area contributed by atoms with E-state index in [-0.39, 0.29) is 0 Å². The maximum Gasteiger partial charge on any atom is 0.202 e. The first-order valence-electron chi connectivity index (χ1n) is 4.63. The summed E-state index contributed by atoms with van der Waals surface area (Å²) in [7, 11) is 0. The van der Waals surface area contributed by atoms with E-state index in [0.717, 1.165) is 26.0 Å². The van der Waals surface area contributed by atoms with Crippen molar-refractivity contribution in [3.63, 3.8) is 0 Å². The van der Waals surface area contributed by atoms with E-state index in [1.54, 1.807) is 0 Å².